The van der Waals surface area contributed by atoms with Gasteiger partial charge in [0.05, 0.1) is 12.7 Å². The van der Waals surface area contributed by atoms with Crippen molar-refractivity contribution in [3.63, 3.8) is 0 Å². The molecule has 0 aliphatic carbocycles. The number of halogens is 1. The fraction of sp³-hybridized carbons (Fsp3) is 0.100. The van der Waals surface area contributed by atoms with Gasteiger partial charge >= 0.3 is 5.97 Å². The predicted molar refractivity (Wildman–Crippen MR) is 62.4 cm³/mol. The summed E-state index contributed by atoms with van der Waals surface area (Å²) >= 11 is 2.22. The van der Waals surface area contributed by atoms with Crippen LogP contribution in [-0.4, -0.2) is 18.1 Å². The Labute approximate surface area is 94.6 Å². The molecule has 1 heterocycles. The summed E-state index contributed by atoms with van der Waals surface area (Å²) in [6.07, 6.45) is 1.91. The minimum Gasteiger partial charge on any atom is -0.465 e. The molecule has 0 amide bonds. The number of carbonyl (C=O) groups excluding carboxylic acids is 1. The molecule has 0 fully saturated rings. The zero-order chi connectivity index (χ0) is 10.1. The Morgan fingerprint density at radius 1 is 1.50 bits per heavy atom. The second kappa shape index (κ2) is 3.61. The van der Waals surface area contributed by atoms with E-state index < -0.39 is 0 Å². The van der Waals surface area contributed by atoms with Crippen LogP contribution in [0.25, 0.3) is 10.9 Å². The van der Waals surface area contributed by atoms with Crippen LogP contribution in [-0.2, 0) is 4.74 Å². The van der Waals surface area contributed by atoms with Crippen LogP contribution in [0.4, 0.5) is 0 Å². The number of aromatic amines is 1. The highest BCUT2D eigenvalue weighted by Gasteiger charge is 2.07. The van der Waals surface area contributed by atoms with E-state index in [4.69, 9.17) is 0 Å². The number of rotatable bonds is 1. The smallest absolute Gasteiger partial charge is 0.337 e. The molecule has 0 spiro atoms. The van der Waals surface area contributed by atoms with Gasteiger partial charge in [0, 0.05) is 20.7 Å². The summed E-state index contributed by atoms with van der Waals surface area (Å²) in [7, 11) is 1.38. The quantitative estimate of drug-likeness (QED) is 0.650. The third kappa shape index (κ3) is 1.50. The monoisotopic (exact) mass is 301 g/mol. The number of fused-ring (bicyclic) bond motifs is 1. The van der Waals surface area contributed by atoms with Crippen molar-refractivity contribution < 1.29 is 9.53 Å². The molecular formula is C10H8INO2. The molecule has 1 aromatic carbocycles. The number of H-pyrrole nitrogens is 1. The zero-order valence-electron chi connectivity index (χ0n) is 7.50. The van der Waals surface area contributed by atoms with E-state index in [9.17, 15) is 4.79 Å². The Kier molecular flexibility index (Phi) is 2.45. The fourth-order valence-corrected chi connectivity index (χ4v) is 1.93. The average molecular weight is 301 g/mol. The SMILES string of the molecule is COC(=O)c1ccc2[nH]cc(I)c2c1. The summed E-state index contributed by atoms with van der Waals surface area (Å²) in [6, 6.07) is 5.46. The number of benzene rings is 1. The first kappa shape index (κ1) is 9.51. The molecular weight excluding hydrogens is 293 g/mol. The van der Waals surface area contributed by atoms with Gasteiger partial charge in [-0.25, -0.2) is 4.79 Å². The average Bonchev–Trinajstić information content (AvgIpc) is 2.59. The lowest BCUT2D eigenvalue weighted by atomic mass is 10.1. The van der Waals surface area contributed by atoms with E-state index in [1.807, 2.05) is 18.3 Å². The van der Waals surface area contributed by atoms with Crippen molar-refractivity contribution in [1.82, 2.24) is 4.98 Å². The zero-order valence-corrected chi connectivity index (χ0v) is 9.66. The Balaban J connectivity index is 2.60. The van der Waals surface area contributed by atoms with Crippen molar-refractivity contribution in [3.05, 3.63) is 33.5 Å². The van der Waals surface area contributed by atoms with Gasteiger partial charge in [-0.1, -0.05) is 0 Å². The standard InChI is InChI=1S/C10H8INO2/c1-14-10(13)6-2-3-9-7(4-6)8(11)5-12-9/h2-5,12H,1H3. The molecule has 0 unspecified atom stereocenters. The third-order valence-electron chi connectivity index (χ3n) is 2.05. The Hall–Kier alpha value is -1.04. The number of methoxy groups -OCH3 is 1. The summed E-state index contributed by atoms with van der Waals surface area (Å²) in [5.74, 6) is -0.302. The summed E-state index contributed by atoms with van der Waals surface area (Å²) < 4.78 is 5.75. The Morgan fingerprint density at radius 3 is 3.00 bits per heavy atom. The molecule has 72 valence electrons. The lowest BCUT2D eigenvalue weighted by molar-refractivity contribution is 0.0601. The molecule has 4 heteroatoms. The van der Waals surface area contributed by atoms with E-state index in [1.54, 1.807) is 6.07 Å². The number of aromatic nitrogens is 1. The van der Waals surface area contributed by atoms with Crippen molar-refractivity contribution in [2.24, 2.45) is 0 Å². The van der Waals surface area contributed by atoms with Gasteiger partial charge < -0.3 is 9.72 Å². The van der Waals surface area contributed by atoms with Crippen LogP contribution in [0.1, 0.15) is 10.4 Å². The molecule has 2 rings (SSSR count). The van der Waals surface area contributed by atoms with Crippen LogP contribution in [0.2, 0.25) is 0 Å². The van der Waals surface area contributed by atoms with Crippen molar-refractivity contribution in [1.29, 1.82) is 0 Å². The Bertz CT molecular complexity index is 490. The largest absolute Gasteiger partial charge is 0.465 e. The lowest BCUT2D eigenvalue weighted by Gasteiger charge is -1.98. The number of ether oxygens (including phenoxy) is 1. The molecule has 1 aromatic heterocycles. The highest BCUT2D eigenvalue weighted by Crippen LogP contribution is 2.21. The highest BCUT2D eigenvalue weighted by atomic mass is 127. The molecule has 14 heavy (non-hydrogen) atoms. The number of carbonyl (C=O) groups is 1. The van der Waals surface area contributed by atoms with Gasteiger partial charge in [-0.05, 0) is 40.8 Å². The highest BCUT2D eigenvalue weighted by molar-refractivity contribution is 14.1. The molecule has 0 aliphatic heterocycles. The minimum atomic E-state index is -0.302. The summed E-state index contributed by atoms with van der Waals surface area (Å²) in [4.78, 5) is 14.4. The topological polar surface area (TPSA) is 42.1 Å². The van der Waals surface area contributed by atoms with Crippen LogP contribution >= 0.6 is 22.6 Å². The number of hydrogen-bond donors (Lipinski definition) is 1. The second-order valence-corrected chi connectivity index (χ2v) is 4.05. The van der Waals surface area contributed by atoms with E-state index in [2.05, 4.69) is 32.3 Å². The molecule has 0 atom stereocenters. The van der Waals surface area contributed by atoms with Gasteiger partial charge in [-0.2, -0.15) is 0 Å². The van der Waals surface area contributed by atoms with Crippen molar-refractivity contribution in [2.75, 3.05) is 7.11 Å². The van der Waals surface area contributed by atoms with Gasteiger partial charge in [0.1, 0.15) is 0 Å². The van der Waals surface area contributed by atoms with E-state index in [0.717, 1.165) is 14.5 Å². The molecule has 0 aliphatic rings. The van der Waals surface area contributed by atoms with Gasteiger partial charge in [-0.3, -0.25) is 0 Å². The summed E-state index contributed by atoms with van der Waals surface area (Å²) in [5, 5.41) is 1.05. The summed E-state index contributed by atoms with van der Waals surface area (Å²) in [6.45, 7) is 0. The fourth-order valence-electron chi connectivity index (χ4n) is 1.33. The van der Waals surface area contributed by atoms with E-state index >= 15 is 0 Å². The van der Waals surface area contributed by atoms with Crippen LogP contribution in [0.15, 0.2) is 24.4 Å². The van der Waals surface area contributed by atoms with Crippen LogP contribution in [0, 0.1) is 3.57 Å². The lowest BCUT2D eigenvalue weighted by Crippen LogP contribution is -2.00. The van der Waals surface area contributed by atoms with E-state index in [1.165, 1.54) is 7.11 Å². The summed E-state index contributed by atoms with van der Waals surface area (Å²) in [5.41, 5.74) is 1.61. The van der Waals surface area contributed by atoms with Crippen LogP contribution in [0.3, 0.4) is 0 Å². The molecule has 0 saturated heterocycles. The molecule has 0 saturated carbocycles. The number of hydrogen-bond acceptors (Lipinski definition) is 2. The van der Waals surface area contributed by atoms with E-state index in [0.29, 0.717) is 5.56 Å². The molecule has 1 N–H and O–H groups in total. The molecule has 2 aromatic rings. The maximum absolute atomic E-state index is 11.3. The Morgan fingerprint density at radius 2 is 2.29 bits per heavy atom. The predicted octanol–water partition coefficient (Wildman–Crippen LogP) is 2.56. The minimum absolute atomic E-state index is 0.302. The first-order valence-corrected chi connectivity index (χ1v) is 5.15. The first-order valence-electron chi connectivity index (χ1n) is 4.07. The van der Waals surface area contributed by atoms with Gasteiger partial charge in [-0.15, -0.1) is 0 Å². The maximum Gasteiger partial charge on any atom is 0.337 e. The molecule has 0 bridgehead atoms. The number of esters is 1. The maximum atomic E-state index is 11.3. The van der Waals surface area contributed by atoms with Gasteiger partial charge in [0.15, 0.2) is 0 Å². The molecule has 0 radical (unpaired) electrons. The molecule has 3 nitrogen and oxygen atoms in total. The van der Waals surface area contributed by atoms with Crippen molar-refractivity contribution in [2.45, 2.75) is 0 Å². The van der Waals surface area contributed by atoms with Crippen LogP contribution in [0.5, 0.6) is 0 Å². The normalized spacial score (nSPS) is 10.4. The van der Waals surface area contributed by atoms with Crippen molar-refractivity contribution in [3.8, 4) is 0 Å². The second-order valence-electron chi connectivity index (χ2n) is 2.89. The van der Waals surface area contributed by atoms with Crippen molar-refractivity contribution >= 4 is 39.5 Å². The van der Waals surface area contributed by atoms with Crippen LogP contribution < -0.4 is 0 Å². The van der Waals surface area contributed by atoms with Gasteiger partial charge in [0.25, 0.3) is 0 Å². The number of nitrogens with one attached hydrogen (secondary N) is 1. The first-order chi connectivity index (χ1) is 6.72. The van der Waals surface area contributed by atoms with Gasteiger partial charge in [0.2, 0.25) is 0 Å². The third-order valence-corrected chi connectivity index (χ3v) is 2.94. The van der Waals surface area contributed by atoms with E-state index in [-0.39, 0.29) is 5.97 Å².